The molecule has 5 heteroatoms. The van der Waals surface area contributed by atoms with E-state index in [2.05, 4.69) is 4.90 Å². The Labute approximate surface area is 130 Å². The number of fused-ring (bicyclic) bond motifs is 1. The van der Waals surface area contributed by atoms with Crippen LogP contribution in [0.15, 0.2) is 18.2 Å². The van der Waals surface area contributed by atoms with E-state index in [-0.39, 0.29) is 12.7 Å². The van der Waals surface area contributed by atoms with E-state index in [0.29, 0.717) is 18.4 Å². The van der Waals surface area contributed by atoms with Crippen LogP contribution in [0.2, 0.25) is 0 Å². The summed E-state index contributed by atoms with van der Waals surface area (Å²) in [6, 6.07) is 6.21. The topological polar surface area (TPSA) is 48.0 Å². The van der Waals surface area contributed by atoms with E-state index in [1.807, 2.05) is 18.2 Å². The molecule has 1 saturated heterocycles. The Hall–Kier alpha value is -1.75. The number of carbonyl (C=O) groups excluding carboxylic acids is 1. The van der Waals surface area contributed by atoms with E-state index in [1.165, 1.54) is 0 Å². The van der Waals surface area contributed by atoms with Crippen molar-refractivity contribution < 1.29 is 19.0 Å². The molecule has 2 fully saturated rings. The molecule has 2 heterocycles. The number of ether oxygens (including phenoxy) is 3. The van der Waals surface area contributed by atoms with Gasteiger partial charge in [0.1, 0.15) is 0 Å². The molecule has 2 aliphatic heterocycles. The zero-order chi connectivity index (χ0) is 14.9. The molecule has 0 bridgehead atoms. The molecule has 1 saturated carbocycles. The van der Waals surface area contributed by atoms with Crippen LogP contribution < -0.4 is 9.47 Å². The number of nitrogens with zero attached hydrogens (tertiary/aromatic N) is 1. The number of carbonyl (C=O) groups is 1. The maximum absolute atomic E-state index is 12.7. The van der Waals surface area contributed by atoms with Crippen molar-refractivity contribution in [2.24, 2.45) is 5.92 Å². The van der Waals surface area contributed by atoms with Crippen molar-refractivity contribution in [1.29, 1.82) is 0 Å². The fourth-order valence-electron chi connectivity index (χ4n) is 3.17. The average Bonchev–Trinajstić information content (AvgIpc) is 3.03. The van der Waals surface area contributed by atoms with Crippen molar-refractivity contribution in [3.8, 4) is 11.5 Å². The summed E-state index contributed by atoms with van der Waals surface area (Å²) in [5.74, 6) is 2.22. The zero-order valence-corrected chi connectivity index (χ0v) is 12.6. The maximum Gasteiger partial charge on any atom is 0.231 e. The molecule has 1 aromatic carbocycles. The Bertz CT molecular complexity index is 564. The Morgan fingerprint density at radius 3 is 2.82 bits per heavy atom. The summed E-state index contributed by atoms with van der Waals surface area (Å²) in [4.78, 5) is 14.8. The molecule has 0 N–H and O–H groups in total. The number of amides is 1. The highest BCUT2D eigenvalue weighted by Gasteiger charge is 2.34. The van der Waals surface area contributed by atoms with Crippen LogP contribution in [0.4, 0.5) is 0 Å². The standard InChI is InChI=1S/C17H21NO4/c19-17(8-12-1-4-15-16(7-12)22-11-21-15)18(14-2-3-14)9-13-5-6-20-10-13/h1,4,7,13-14H,2-3,5-6,8-11H2. The second kappa shape index (κ2) is 5.80. The molecule has 1 aliphatic carbocycles. The largest absolute Gasteiger partial charge is 0.454 e. The fraction of sp³-hybridized carbons (Fsp3) is 0.588. The molecule has 5 nitrogen and oxygen atoms in total. The third kappa shape index (κ3) is 2.90. The minimum atomic E-state index is 0.216. The van der Waals surface area contributed by atoms with Gasteiger partial charge in [-0.15, -0.1) is 0 Å². The van der Waals surface area contributed by atoms with Crippen molar-refractivity contribution in [1.82, 2.24) is 4.90 Å². The first kappa shape index (κ1) is 13.9. The third-order valence-electron chi connectivity index (χ3n) is 4.58. The Balaban J connectivity index is 1.42. The predicted octanol–water partition coefficient (Wildman–Crippen LogP) is 1.99. The van der Waals surface area contributed by atoms with Gasteiger partial charge >= 0.3 is 0 Å². The Morgan fingerprint density at radius 2 is 2.05 bits per heavy atom. The lowest BCUT2D eigenvalue weighted by atomic mass is 10.1. The van der Waals surface area contributed by atoms with Crippen molar-refractivity contribution in [3.63, 3.8) is 0 Å². The van der Waals surface area contributed by atoms with Crippen LogP contribution in [0, 0.1) is 5.92 Å². The molecule has 1 amide bonds. The van der Waals surface area contributed by atoms with Crippen LogP contribution >= 0.6 is 0 Å². The summed E-state index contributed by atoms with van der Waals surface area (Å²) in [6.07, 6.45) is 3.78. The van der Waals surface area contributed by atoms with Crippen molar-refractivity contribution in [2.45, 2.75) is 31.7 Å². The van der Waals surface area contributed by atoms with Crippen LogP contribution in [0.25, 0.3) is 0 Å². The van der Waals surface area contributed by atoms with Crippen molar-refractivity contribution in [3.05, 3.63) is 23.8 Å². The van der Waals surface area contributed by atoms with Crippen LogP contribution in [0.3, 0.4) is 0 Å². The number of rotatable bonds is 5. The number of hydrogen-bond acceptors (Lipinski definition) is 4. The fourth-order valence-corrected chi connectivity index (χ4v) is 3.17. The lowest BCUT2D eigenvalue weighted by molar-refractivity contribution is -0.131. The normalized spacial score (nSPS) is 22.8. The van der Waals surface area contributed by atoms with E-state index in [4.69, 9.17) is 14.2 Å². The van der Waals surface area contributed by atoms with Gasteiger partial charge in [-0.2, -0.15) is 0 Å². The van der Waals surface area contributed by atoms with Gasteiger partial charge in [-0.3, -0.25) is 4.79 Å². The van der Waals surface area contributed by atoms with Gasteiger partial charge in [0.25, 0.3) is 0 Å². The predicted molar refractivity (Wildman–Crippen MR) is 79.9 cm³/mol. The summed E-state index contributed by atoms with van der Waals surface area (Å²) < 4.78 is 16.1. The van der Waals surface area contributed by atoms with Gasteiger partial charge in [0.2, 0.25) is 12.7 Å². The lowest BCUT2D eigenvalue weighted by Gasteiger charge is -2.25. The highest BCUT2D eigenvalue weighted by Crippen LogP contribution is 2.33. The molecular weight excluding hydrogens is 282 g/mol. The zero-order valence-electron chi connectivity index (χ0n) is 12.6. The molecule has 0 aromatic heterocycles. The molecule has 1 atom stereocenters. The SMILES string of the molecule is O=C(Cc1ccc2c(c1)OCO2)N(CC1CCOC1)C1CC1. The van der Waals surface area contributed by atoms with Gasteiger partial charge in [-0.25, -0.2) is 0 Å². The highest BCUT2D eigenvalue weighted by atomic mass is 16.7. The molecule has 118 valence electrons. The van der Waals surface area contributed by atoms with Gasteiger partial charge in [-0.05, 0) is 37.0 Å². The van der Waals surface area contributed by atoms with Gasteiger partial charge in [0.15, 0.2) is 11.5 Å². The first-order valence-electron chi connectivity index (χ1n) is 8.05. The Kier molecular flexibility index (Phi) is 3.66. The lowest BCUT2D eigenvalue weighted by Crippen LogP contribution is -2.38. The van der Waals surface area contributed by atoms with E-state index in [1.54, 1.807) is 0 Å². The quantitative estimate of drug-likeness (QED) is 0.834. The minimum absolute atomic E-state index is 0.216. The summed E-state index contributed by atoms with van der Waals surface area (Å²) >= 11 is 0. The maximum atomic E-state index is 12.7. The highest BCUT2D eigenvalue weighted by molar-refractivity contribution is 5.79. The van der Waals surface area contributed by atoms with Crippen LogP contribution in [-0.4, -0.2) is 43.4 Å². The summed E-state index contributed by atoms with van der Waals surface area (Å²) in [6.45, 7) is 2.73. The molecule has 22 heavy (non-hydrogen) atoms. The van der Waals surface area contributed by atoms with E-state index >= 15 is 0 Å². The van der Waals surface area contributed by atoms with Gasteiger partial charge in [0.05, 0.1) is 13.0 Å². The summed E-state index contributed by atoms with van der Waals surface area (Å²) in [7, 11) is 0. The molecule has 0 spiro atoms. The first-order chi connectivity index (χ1) is 10.8. The van der Waals surface area contributed by atoms with Crippen molar-refractivity contribution in [2.75, 3.05) is 26.6 Å². The number of hydrogen-bond donors (Lipinski definition) is 0. The first-order valence-corrected chi connectivity index (χ1v) is 8.05. The minimum Gasteiger partial charge on any atom is -0.454 e. The van der Waals surface area contributed by atoms with Gasteiger partial charge in [0, 0.05) is 25.1 Å². The second-order valence-electron chi connectivity index (χ2n) is 6.37. The van der Waals surface area contributed by atoms with E-state index in [0.717, 1.165) is 56.1 Å². The smallest absolute Gasteiger partial charge is 0.231 e. The third-order valence-corrected chi connectivity index (χ3v) is 4.58. The van der Waals surface area contributed by atoms with E-state index < -0.39 is 0 Å². The van der Waals surface area contributed by atoms with Crippen LogP contribution in [-0.2, 0) is 16.0 Å². The summed E-state index contributed by atoms with van der Waals surface area (Å²) in [5, 5.41) is 0. The van der Waals surface area contributed by atoms with E-state index in [9.17, 15) is 4.79 Å². The van der Waals surface area contributed by atoms with Crippen LogP contribution in [0.1, 0.15) is 24.8 Å². The molecular formula is C17H21NO4. The van der Waals surface area contributed by atoms with Gasteiger partial charge in [-0.1, -0.05) is 6.07 Å². The molecule has 4 rings (SSSR count). The molecule has 1 unspecified atom stereocenters. The number of benzene rings is 1. The molecule has 0 radical (unpaired) electrons. The molecule has 1 aromatic rings. The summed E-state index contributed by atoms with van der Waals surface area (Å²) in [5.41, 5.74) is 0.988. The van der Waals surface area contributed by atoms with Crippen LogP contribution in [0.5, 0.6) is 11.5 Å². The van der Waals surface area contributed by atoms with Gasteiger partial charge < -0.3 is 19.1 Å². The molecule has 3 aliphatic rings. The Morgan fingerprint density at radius 1 is 1.18 bits per heavy atom. The second-order valence-corrected chi connectivity index (χ2v) is 6.37. The van der Waals surface area contributed by atoms with Crippen molar-refractivity contribution >= 4 is 5.91 Å². The monoisotopic (exact) mass is 303 g/mol. The average molecular weight is 303 g/mol.